The molecular weight excluding hydrogens is 316 g/mol. The molecule has 5 heteroatoms. The number of benzene rings is 1. The van der Waals surface area contributed by atoms with Crippen molar-refractivity contribution in [1.82, 2.24) is 9.80 Å². The molecule has 3 aliphatic rings. The Morgan fingerprint density at radius 1 is 1.04 bits per heavy atom. The Kier molecular flexibility index (Phi) is 5.34. The molecule has 1 aromatic rings. The monoisotopic (exact) mass is 344 g/mol. The van der Waals surface area contributed by atoms with Crippen molar-refractivity contribution in [2.45, 2.75) is 50.4 Å². The Bertz CT molecular complexity index is 574. The van der Waals surface area contributed by atoms with Crippen LogP contribution >= 0.6 is 0 Å². The molecule has 0 unspecified atom stereocenters. The van der Waals surface area contributed by atoms with Crippen molar-refractivity contribution in [3.8, 4) is 0 Å². The van der Waals surface area contributed by atoms with Crippen LogP contribution < -0.4 is 0 Å². The maximum Gasteiger partial charge on any atom is 0.254 e. The number of hydrogen-bond donors (Lipinski definition) is 0. The molecule has 0 aromatic heterocycles. The molecule has 1 aromatic carbocycles. The molecular formula is C20H28N2O3. The van der Waals surface area contributed by atoms with E-state index in [0.717, 1.165) is 32.5 Å². The molecule has 5 nitrogen and oxygen atoms in total. The molecule has 0 aliphatic carbocycles. The van der Waals surface area contributed by atoms with Crippen LogP contribution in [0.5, 0.6) is 0 Å². The minimum Gasteiger partial charge on any atom is -0.376 e. The number of nitrogens with zero attached hydrogens (tertiary/aromatic N) is 2. The second kappa shape index (κ2) is 7.85. The summed E-state index contributed by atoms with van der Waals surface area (Å²) in [5.74, 6) is 0.133. The van der Waals surface area contributed by atoms with Gasteiger partial charge in [0.2, 0.25) is 0 Å². The van der Waals surface area contributed by atoms with Crippen molar-refractivity contribution >= 4 is 5.91 Å². The van der Waals surface area contributed by atoms with Gasteiger partial charge in [0.15, 0.2) is 6.10 Å². The van der Waals surface area contributed by atoms with Gasteiger partial charge in [0, 0.05) is 25.2 Å². The molecule has 3 heterocycles. The van der Waals surface area contributed by atoms with E-state index in [4.69, 9.17) is 9.47 Å². The highest BCUT2D eigenvalue weighted by Crippen LogP contribution is 2.31. The first-order chi connectivity index (χ1) is 12.3. The van der Waals surface area contributed by atoms with Crippen LogP contribution in [0.1, 0.15) is 31.2 Å². The average molecular weight is 344 g/mol. The second-order valence-electron chi connectivity index (χ2n) is 7.34. The summed E-state index contributed by atoms with van der Waals surface area (Å²) in [4.78, 5) is 17.6. The average Bonchev–Trinajstić information content (AvgIpc) is 3.31. The molecule has 0 saturated carbocycles. The SMILES string of the molecule is O=C([C@@H]1COCCO1)N1CCC[C@H]1[C@@H]1CCCN1Cc1ccccc1. The summed E-state index contributed by atoms with van der Waals surface area (Å²) in [6.45, 7) is 4.49. The lowest BCUT2D eigenvalue weighted by Gasteiger charge is -2.37. The Balaban J connectivity index is 1.44. The van der Waals surface area contributed by atoms with E-state index >= 15 is 0 Å². The summed E-state index contributed by atoms with van der Waals surface area (Å²) >= 11 is 0. The molecule has 3 fully saturated rings. The van der Waals surface area contributed by atoms with E-state index in [9.17, 15) is 4.79 Å². The van der Waals surface area contributed by atoms with Crippen molar-refractivity contribution in [3.63, 3.8) is 0 Å². The smallest absolute Gasteiger partial charge is 0.254 e. The number of ether oxygens (including phenoxy) is 2. The van der Waals surface area contributed by atoms with Crippen molar-refractivity contribution in [2.75, 3.05) is 32.9 Å². The summed E-state index contributed by atoms with van der Waals surface area (Å²) in [6, 6.07) is 11.5. The van der Waals surface area contributed by atoms with E-state index in [2.05, 4.69) is 40.1 Å². The first-order valence-electron chi connectivity index (χ1n) is 9.61. The largest absolute Gasteiger partial charge is 0.376 e. The number of rotatable bonds is 4. The molecule has 3 saturated heterocycles. The highest BCUT2D eigenvalue weighted by Gasteiger charge is 2.41. The number of carbonyl (C=O) groups excluding carboxylic acids is 1. The van der Waals surface area contributed by atoms with E-state index in [0.29, 0.717) is 31.9 Å². The van der Waals surface area contributed by atoms with Crippen LogP contribution in [0.4, 0.5) is 0 Å². The lowest BCUT2D eigenvalue weighted by Crippen LogP contribution is -2.52. The van der Waals surface area contributed by atoms with Crippen LogP contribution in [-0.4, -0.2) is 66.8 Å². The maximum absolute atomic E-state index is 12.9. The van der Waals surface area contributed by atoms with Gasteiger partial charge in [0.25, 0.3) is 5.91 Å². The van der Waals surface area contributed by atoms with Gasteiger partial charge >= 0.3 is 0 Å². The van der Waals surface area contributed by atoms with E-state index in [1.807, 2.05) is 0 Å². The Morgan fingerprint density at radius 2 is 1.84 bits per heavy atom. The fourth-order valence-electron chi connectivity index (χ4n) is 4.58. The lowest BCUT2D eigenvalue weighted by molar-refractivity contribution is -0.159. The highest BCUT2D eigenvalue weighted by atomic mass is 16.6. The van der Waals surface area contributed by atoms with E-state index in [-0.39, 0.29) is 5.91 Å². The van der Waals surface area contributed by atoms with Gasteiger partial charge in [-0.05, 0) is 37.8 Å². The molecule has 3 aliphatic heterocycles. The predicted octanol–water partition coefficient (Wildman–Crippen LogP) is 2.06. The van der Waals surface area contributed by atoms with Gasteiger partial charge in [-0.25, -0.2) is 0 Å². The predicted molar refractivity (Wildman–Crippen MR) is 95.2 cm³/mol. The van der Waals surface area contributed by atoms with Crippen LogP contribution in [0.3, 0.4) is 0 Å². The minimum atomic E-state index is -0.404. The molecule has 136 valence electrons. The van der Waals surface area contributed by atoms with E-state index in [1.165, 1.54) is 18.4 Å². The van der Waals surface area contributed by atoms with Gasteiger partial charge in [-0.3, -0.25) is 9.69 Å². The minimum absolute atomic E-state index is 0.133. The molecule has 0 N–H and O–H groups in total. The Hall–Kier alpha value is -1.43. The van der Waals surface area contributed by atoms with Gasteiger partial charge in [0.1, 0.15) is 0 Å². The third kappa shape index (κ3) is 3.73. The first-order valence-corrected chi connectivity index (χ1v) is 9.61. The number of hydrogen-bond acceptors (Lipinski definition) is 4. The molecule has 0 bridgehead atoms. The zero-order valence-corrected chi connectivity index (χ0v) is 14.8. The number of likely N-dealkylation sites (tertiary alicyclic amines) is 2. The fourth-order valence-corrected chi connectivity index (χ4v) is 4.58. The van der Waals surface area contributed by atoms with Gasteiger partial charge in [-0.1, -0.05) is 30.3 Å². The van der Waals surface area contributed by atoms with Crippen molar-refractivity contribution in [2.24, 2.45) is 0 Å². The van der Waals surface area contributed by atoms with Crippen molar-refractivity contribution in [3.05, 3.63) is 35.9 Å². The van der Waals surface area contributed by atoms with Gasteiger partial charge < -0.3 is 14.4 Å². The van der Waals surface area contributed by atoms with E-state index < -0.39 is 6.10 Å². The number of amides is 1. The van der Waals surface area contributed by atoms with Crippen molar-refractivity contribution in [1.29, 1.82) is 0 Å². The summed E-state index contributed by atoms with van der Waals surface area (Å²) in [5.41, 5.74) is 1.36. The van der Waals surface area contributed by atoms with Crippen LogP contribution in [0.25, 0.3) is 0 Å². The topological polar surface area (TPSA) is 42.0 Å². The zero-order valence-electron chi connectivity index (χ0n) is 14.8. The second-order valence-corrected chi connectivity index (χ2v) is 7.34. The molecule has 0 spiro atoms. The Labute approximate surface area is 149 Å². The highest BCUT2D eigenvalue weighted by molar-refractivity contribution is 5.81. The lowest BCUT2D eigenvalue weighted by atomic mass is 10.0. The van der Waals surface area contributed by atoms with Crippen LogP contribution in [0.2, 0.25) is 0 Å². The molecule has 3 atom stereocenters. The third-order valence-electron chi connectivity index (χ3n) is 5.76. The van der Waals surface area contributed by atoms with Gasteiger partial charge in [-0.2, -0.15) is 0 Å². The quantitative estimate of drug-likeness (QED) is 0.838. The summed E-state index contributed by atoms with van der Waals surface area (Å²) in [6.07, 6.45) is 4.20. The van der Waals surface area contributed by atoms with E-state index in [1.54, 1.807) is 0 Å². The molecule has 4 rings (SSSR count). The summed E-state index contributed by atoms with van der Waals surface area (Å²) in [5, 5.41) is 0. The molecule has 1 amide bonds. The van der Waals surface area contributed by atoms with Crippen LogP contribution in [-0.2, 0) is 20.8 Å². The van der Waals surface area contributed by atoms with Crippen LogP contribution in [0, 0.1) is 0 Å². The molecule has 25 heavy (non-hydrogen) atoms. The third-order valence-corrected chi connectivity index (χ3v) is 5.76. The zero-order chi connectivity index (χ0) is 17.1. The molecule has 0 radical (unpaired) electrons. The van der Waals surface area contributed by atoms with Gasteiger partial charge in [0.05, 0.1) is 19.8 Å². The Morgan fingerprint density at radius 3 is 2.64 bits per heavy atom. The first kappa shape index (κ1) is 17.0. The number of carbonyl (C=O) groups is 1. The summed E-state index contributed by atoms with van der Waals surface area (Å²) in [7, 11) is 0. The summed E-state index contributed by atoms with van der Waals surface area (Å²) < 4.78 is 11.1. The maximum atomic E-state index is 12.9. The normalized spacial score (nSPS) is 30.7. The standard InChI is InChI=1S/C20H28N2O3/c23-20(19-15-24-12-13-25-19)22-11-5-9-18(22)17-8-4-10-21(17)14-16-6-2-1-3-7-16/h1-3,6-7,17-19H,4-5,8-15H2/t17-,18-,19-/m0/s1. The fraction of sp³-hybridized carbons (Fsp3) is 0.650. The van der Waals surface area contributed by atoms with Gasteiger partial charge in [-0.15, -0.1) is 0 Å². The van der Waals surface area contributed by atoms with Crippen molar-refractivity contribution < 1.29 is 14.3 Å². The van der Waals surface area contributed by atoms with Crippen LogP contribution in [0.15, 0.2) is 30.3 Å².